The zero-order valence-corrected chi connectivity index (χ0v) is 25.7. The van der Waals surface area contributed by atoms with E-state index in [-0.39, 0.29) is 30.2 Å². The number of phenolic OH excluding ortho intramolecular Hbond substituents is 1. The SMILES string of the molecule is Bc1cc(C[C@@H](OC(=O)N2CCC(N3CCc4ccccc4NC3=O)CC2)C(=O)N2CCN(C3CCCC3)CC2)ccc1O. The molecule has 4 aliphatic rings. The molecule has 0 bridgehead atoms. The van der Waals surface area contributed by atoms with Gasteiger partial charge in [-0.25, -0.2) is 9.59 Å². The minimum absolute atomic E-state index is 0.0296. The van der Waals surface area contributed by atoms with Gasteiger partial charge in [0.05, 0.1) is 0 Å². The Balaban J connectivity index is 1.07. The Bertz CT molecular complexity index is 1350. The number of piperidine rings is 1. The van der Waals surface area contributed by atoms with Gasteiger partial charge in [0.1, 0.15) is 13.6 Å². The topological polar surface area (TPSA) is 106 Å². The van der Waals surface area contributed by atoms with Crippen molar-refractivity contribution >= 4 is 37.0 Å². The third kappa shape index (κ3) is 6.82. The van der Waals surface area contributed by atoms with Crippen LogP contribution >= 0.6 is 0 Å². The van der Waals surface area contributed by atoms with E-state index in [1.54, 1.807) is 17.0 Å². The summed E-state index contributed by atoms with van der Waals surface area (Å²) in [6, 6.07) is 13.7. The number of benzene rings is 2. The molecule has 1 aliphatic carbocycles. The largest absolute Gasteiger partial charge is 0.509 e. The molecule has 10 nitrogen and oxygen atoms in total. The Kier molecular flexibility index (Phi) is 9.30. The van der Waals surface area contributed by atoms with Gasteiger partial charge in [-0.15, -0.1) is 0 Å². The molecule has 44 heavy (non-hydrogen) atoms. The average molecular weight is 602 g/mol. The molecule has 3 aliphatic heterocycles. The number of ether oxygens (including phenoxy) is 1. The highest BCUT2D eigenvalue weighted by Gasteiger charge is 2.36. The van der Waals surface area contributed by atoms with Crippen molar-refractivity contribution in [2.24, 2.45) is 0 Å². The number of rotatable bonds is 6. The Labute approximate surface area is 260 Å². The normalized spacial score (nSPS) is 21.0. The highest BCUT2D eigenvalue weighted by molar-refractivity contribution is 6.34. The number of urea groups is 1. The van der Waals surface area contributed by atoms with Gasteiger partial charge in [-0.3, -0.25) is 9.69 Å². The monoisotopic (exact) mass is 601 g/mol. The molecule has 3 heterocycles. The van der Waals surface area contributed by atoms with Crippen molar-refractivity contribution in [3.8, 4) is 5.75 Å². The maximum absolute atomic E-state index is 13.8. The number of amides is 4. The van der Waals surface area contributed by atoms with E-state index in [0.29, 0.717) is 57.1 Å². The van der Waals surface area contributed by atoms with Gasteiger partial charge >= 0.3 is 12.1 Å². The third-order valence-electron chi connectivity index (χ3n) is 9.97. The van der Waals surface area contributed by atoms with E-state index in [9.17, 15) is 19.5 Å². The van der Waals surface area contributed by atoms with E-state index in [1.165, 1.54) is 25.7 Å². The second-order valence-electron chi connectivity index (χ2n) is 12.7. The first-order valence-corrected chi connectivity index (χ1v) is 16.3. The standard InChI is InChI=1S/C33H44BN5O5/c34-27-21-23(9-10-29(27)40)22-30(31(41)37-19-17-36(18-20-37)25-6-2-3-7-25)44-33(43)38-14-12-26(13-15-38)39-16-11-24-5-1-4-8-28(24)35-32(39)42/h1,4-5,8-10,21,25-26,30,40H,2-3,6-7,11-20,22,34H2,(H,35,42)/t30-/m1/s1. The Morgan fingerprint density at radius 2 is 1.64 bits per heavy atom. The van der Waals surface area contributed by atoms with E-state index in [2.05, 4.69) is 10.2 Å². The van der Waals surface area contributed by atoms with Crippen LogP contribution in [0.15, 0.2) is 42.5 Å². The quantitative estimate of drug-likeness (QED) is 0.493. The van der Waals surface area contributed by atoms with E-state index in [0.717, 1.165) is 36.3 Å². The maximum atomic E-state index is 13.8. The molecular formula is C33H44BN5O5. The highest BCUT2D eigenvalue weighted by atomic mass is 16.6. The van der Waals surface area contributed by atoms with Gasteiger partial charge in [-0.2, -0.15) is 0 Å². The predicted molar refractivity (Wildman–Crippen MR) is 171 cm³/mol. The van der Waals surface area contributed by atoms with Crippen molar-refractivity contribution in [3.63, 3.8) is 0 Å². The molecule has 6 rings (SSSR count). The Morgan fingerprint density at radius 3 is 2.36 bits per heavy atom. The molecule has 1 atom stereocenters. The lowest BCUT2D eigenvalue weighted by molar-refractivity contribution is -0.143. The summed E-state index contributed by atoms with van der Waals surface area (Å²) in [6.07, 6.45) is 5.94. The first-order chi connectivity index (χ1) is 21.4. The van der Waals surface area contributed by atoms with Crippen LogP contribution in [0, 0.1) is 0 Å². The second-order valence-corrected chi connectivity index (χ2v) is 12.7. The number of anilines is 1. The minimum Gasteiger partial charge on any atom is -0.509 e. The van der Waals surface area contributed by atoms with Crippen LogP contribution in [0.5, 0.6) is 5.75 Å². The Morgan fingerprint density at radius 1 is 0.909 bits per heavy atom. The molecule has 1 saturated carbocycles. The van der Waals surface area contributed by atoms with Crippen LogP contribution in [0.4, 0.5) is 15.3 Å². The van der Waals surface area contributed by atoms with Gasteiger partial charge < -0.3 is 29.9 Å². The lowest BCUT2D eigenvalue weighted by Crippen LogP contribution is -2.55. The number of hydrogen-bond acceptors (Lipinski definition) is 6. The molecule has 0 spiro atoms. The summed E-state index contributed by atoms with van der Waals surface area (Å²) in [5.41, 5.74) is 3.54. The van der Waals surface area contributed by atoms with Crippen LogP contribution in [-0.4, -0.2) is 115 Å². The van der Waals surface area contributed by atoms with Crippen LogP contribution in [0.3, 0.4) is 0 Å². The highest BCUT2D eigenvalue weighted by Crippen LogP contribution is 2.26. The van der Waals surface area contributed by atoms with Crippen molar-refractivity contribution in [2.45, 2.75) is 69.6 Å². The number of nitrogens with one attached hydrogen (secondary N) is 1. The molecule has 4 amide bonds. The van der Waals surface area contributed by atoms with Gasteiger partial charge in [0.2, 0.25) is 0 Å². The second kappa shape index (κ2) is 13.5. The zero-order chi connectivity index (χ0) is 30.6. The van der Waals surface area contributed by atoms with Gasteiger partial charge in [-0.05, 0) is 60.8 Å². The summed E-state index contributed by atoms with van der Waals surface area (Å²) >= 11 is 0. The number of likely N-dealkylation sites (tertiary alicyclic amines) is 1. The third-order valence-corrected chi connectivity index (χ3v) is 9.97. The van der Waals surface area contributed by atoms with E-state index in [1.807, 2.05) is 48.0 Å². The lowest BCUT2D eigenvalue weighted by atomic mass is 9.91. The van der Waals surface area contributed by atoms with Crippen molar-refractivity contribution < 1.29 is 24.2 Å². The molecule has 2 aromatic carbocycles. The number of phenols is 1. The number of fused-ring (bicyclic) bond motifs is 1. The molecule has 2 saturated heterocycles. The van der Waals surface area contributed by atoms with Crippen LogP contribution in [0.2, 0.25) is 0 Å². The molecule has 2 N–H and O–H groups in total. The van der Waals surface area contributed by atoms with Gasteiger partial charge in [0.15, 0.2) is 6.10 Å². The predicted octanol–water partition coefficient (Wildman–Crippen LogP) is 2.34. The molecule has 11 heteroatoms. The summed E-state index contributed by atoms with van der Waals surface area (Å²) in [7, 11) is 1.82. The number of carbonyl (C=O) groups excluding carboxylic acids is 3. The molecule has 0 unspecified atom stereocenters. The van der Waals surface area contributed by atoms with Gasteiger partial charge in [-0.1, -0.05) is 43.2 Å². The molecule has 3 fully saturated rings. The molecule has 234 valence electrons. The number of hydrogen-bond donors (Lipinski definition) is 2. The van der Waals surface area contributed by atoms with E-state index >= 15 is 0 Å². The van der Waals surface area contributed by atoms with Crippen LogP contribution < -0.4 is 10.8 Å². The number of carbonyl (C=O) groups is 3. The molecule has 0 aromatic heterocycles. The lowest BCUT2D eigenvalue weighted by Gasteiger charge is -2.40. The fourth-order valence-corrected chi connectivity index (χ4v) is 7.31. The molecule has 0 radical (unpaired) electrons. The summed E-state index contributed by atoms with van der Waals surface area (Å²) in [6.45, 7) is 4.50. The van der Waals surface area contributed by atoms with Gasteiger partial charge in [0, 0.05) is 70.0 Å². The number of para-hydroxylation sites is 1. The summed E-state index contributed by atoms with van der Waals surface area (Å²) in [4.78, 5) is 48.3. The fourth-order valence-electron chi connectivity index (χ4n) is 7.31. The zero-order valence-electron chi connectivity index (χ0n) is 25.7. The van der Waals surface area contributed by atoms with Crippen molar-refractivity contribution in [1.82, 2.24) is 19.6 Å². The van der Waals surface area contributed by atoms with Crippen LogP contribution in [-0.2, 0) is 22.4 Å². The van der Waals surface area contributed by atoms with E-state index in [4.69, 9.17) is 4.74 Å². The van der Waals surface area contributed by atoms with Crippen molar-refractivity contribution in [3.05, 3.63) is 53.6 Å². The molecule has 2 aromatic rings. The molecular weight excluding hydrogens is 557 g/mol. The first kappa shape index (κ1) is 30.3. The fraction of sp³-hybridized carbons (Fsp3) is 0.545. The summed E-state index contributed by atoms with van der Waals surface area (Å²) in [5.74, 6) is 0.0346. The van der Waals surface area contributed by atoms with Crippen LogP contribution in [0.25, 0.3) is 0 Å². The number of aromatic hydroxyl groups is 1. The number of piperazine rings is 1. The minimum atomic E-state index is -0.947. The first-order valence-electron chi connectivity index (χ1n) is 16.3. The van der Waals surface area contributed by atoms with Crippen LogP contribution in [0.1, 0.15) is 49.7 Å². The van der Waals surface area contributed by atoms with E-state index < -0.39 is 12.2 Å². The average Bonchev–Trinajstić information content (AvgIpc) is 3.53. The summed E-state index contributed by atoms with van der Waals surface area (Å²) < 4.78 is 6.00. The maximum Gasteiger partial charge on any atom is 0.410 e. The van der Waals surface area contributed by atoms with Crippen molar-refractivity contribution in [1.29, 1.82) is 0 Å². The van der Waals surface area contributed by atoms with Crippen molar-refractivity contribution in [2.75, 3.05) is 51.1 Å². The summed E-state index contributed by atoms with van der Waals surface area (Å²) in [5, 5.41) is 13.1. The van der Waals surface area contributed by atoms with Gasteiger partial charge in [0.25, 0.3) is 5.91 Å². The smallest absolute Gasteiger partial charge is 0.410 e. The number of nitrogens with zero attached hydrogens (tertiary/aromatic N) is 4. The Hall–Kier alpha value is -3.73.